The van der Waals surface area contributed by atoms with E-state index in [0.29, 0.717) is 23.7 Å². The number of fused-ring (bicyclic) bond motifs is 1. The van der Waals surface area contributed by atoms with Gasteiger partial charge in [0, 0.05) is 0 Å². The Morgan fingerprint density at radius 2 is 1.59 bits per heavy atom. The minimum Gasteiger partial charge on any atom is -0.390 e. The van der Waals surface area contributed by atoms with E-state index in [1.165, 1.54) is 12.8 Å². The third kappa shape index (κ3) is 2.26. The van der Waals surface area contributed by atoms with Crippen LogP contribution in [0.3, 0.4) is 0 Å². The Labute approximate surface area is 105 Å². The maximum Gasteiger partial charge on any atom is 0.0835 e. The Kier molecular flexibility index (Phi) is 3.84. The van der Waals surface area contributed by atoms with E-state index in [1.807, 2.05) is 0 Å². The van der Waals surface area contributed by atoms with Crippen LogP contribution in [0.5, 0.6) is 0 Å². The van der Waals surface area contributed by atoms with Crippen LogP contribution in [0.4, 0.5) is 0 Å². The Hall–Kier alpha value is -0.0800. The molecule has 0 aromatic heterocycles. The maximum atomic E-state index is 10.4. The molecule has 0 amide bonds. The van der Waals surface area contributed by atoms with Crippen molar-refractivity contribution in [2.75, 3.05) is 0 Å². The smallest absolute Gasteiger partial charge is 0.0835 e. The maximum absolute atomic E-state index is 10.4. The Morgan fingerprint density at radius 1 is 0.941 bits per heavy atom. The van der Waals surface area contributed by atoms with E-state index in [1.54, 1.807) is 0 Å². The van der Waals surface area contributed by atoms with Crippen LogP contribution in [0.2, 0.25) is 0 Å². The van der Waals surface area contributed by atoms with E-state index >= 15 is 0 Å². The van der Waals surface area contributed by atoms with Gasteiger partial charge in [-0.25, -0.2) is 0 Å². The van der Waals surface area contributed by atoms with Crippen LogP contribution in [0.25, 0.3) is 0 Å². The molecule has 2 rings (SSSR count). The summed E-state index contributed by atoms with van der Waals surface area (Å²) in [6, 6.07) is 0. The monoisotopic (exact) mass is 240 g/mol. The average molecular weight is 240 g/mol. The Morgan fingerprint density at radius 3 is 2.18 bits per heavy atom. The molecule has 2 N–H and O–H groups in total. The topological polar surface area (TPSA) is 40.5 Å². The van der Waals surface area contributed by atoms with E-state index in [-0.39, 0.29) is 5.92 Å². The second-order valence-corrected chi connectivity index (χ2v) is 6.90. The Balaban J connectivity index is 2.22. The lowest BCUT2D eigenvalue weighted by Gasteiger charge is -2.52. The SMILES string of the molecule is CC(C)C1CCC(C)C2C(O)C(O)C(C)CC12. The standard InChI is InChI=1S/C15H28O2/c1-8(2)11-6-5-9(3)13-12(11)7-10(4)14(16)15(13)17/h8-17H,5-7H2,1-4H3. The largest absolute Gasteiger partial charge is 0.390 e. The van der Waals surface area contributed by atoms with Crippen molar-refractivity contribution < 1.29 is 10.2 Å². The molecule has 0 aromatic carbocycles. The van der Waals surface area contributed by atoms with Gasteiger partial charge in [0.15, 0.2) is 0 Å². The lowest BCUT2D eigenvalue weighted by Crippen LogP contribution is -2.53. The van der Waals surface area contributed by atoms with Crippen molar-refractivity contribution >= 4 is 0 Å². The van der Waals surface area contributed by atoms with Crippen LogP contribution in [-0.4, -0.2) is 22.4 Å². The number of hydrogen-bond donors (Lipinski definition) is 2. The first-order valence-electron chi connectivity index (χ1n) is 7.29. The molecule has 2 nitrogen and oxygen atoms in total. The highest BCUT2D eigenvalue weighted by Gasteiger charge is 2.49. The summed E-state index contributed by atoms with van der Waals surface area (Å²) in [4.78, 5) is 0. The van der Waals surface area contributed by atoms with Crippen LogP contribution >= 0.6 is 0 Å². The molecule has 7 unspecified atom stereocenters. The van der Waals surface area contributed by atoms with Crippen molar-refractivity contribution in [2.24, 2.45) is 35.5 Å². The van der Waals surface area contributed by atoms with Gasteiger partial charge >= 0.3 is 0 Å². The number of hydrogen-bond acceptors (Lipinski definition) is 2. The fourth-order valence-corrected chi connectivity index (χ4v) is 4.45. The molecule has 0 spiro atoms. The zero-order chi connectivity index (χ0) is 12.7. The van der Waals surface area contributed by atoms with Gasteiger partial charge in [0.05, 0.1) is 12.2 Å². The van der Waals surface area contributed by atoms with Gasteiger partial charge in [-0.3, -0.25) is 0 Å². The summed E-state index contributed by atoms with van der Waals surface area (Å²) in [7, 11) is 0. The summed E-state index contributed by atoms with van der Waals surface area (Å²) in [5.74, 6) is 3.19. The molecule has 0 aromatic rings. The molecule has 0 radical (unpaired) electrons. The highest BCUT2D eigenvalue weighted by molar-refractivity contribution is 4.98. The molecule has 7 atom stereocenters. The number of aliphatic hydroxyl groups is 2. The van der Waals surface area contributed by atoms with Crippen LogP contribution < -0.4 is 0 Å². The summed E-state index contributed by atoms with van der Waals surface area (Å²) in [6.07, 6.45) is 2.60. The van der Waals surface area contributed by atoms with E-state index in [4.69, 9.17) is 0 Å². The second-order valence-electron chi connectivity index (χ2n) is 6.90. The summed E-state index contributed by atoms with van der Waals surface area (Å²) >= 11 is 0. The molecule has 100 valence electrons. The molecular weight excluding hydrogens is 212 g/mol. The average Bonchev–Trinajstić information content (AvgIpc) is 2.25. The summed E-state index contributed by atoms with van der Waals surface area (Å²) in [5, 5.41) is 20.4. The third-order valence-corrected chi connectivity index (χ3v) is 5.48. The molecule has 0 aliphatic heterocycles. The minimum atomic E-state index is -0.510. The minimum absolute atomic E-state index is 0.248. The van der Waals surface area contributed by atoms with Gasteiger partial charge in [-0.15, -0.1) is 0 Å². The van der Waals surface area contributed by atoms with Crippen molar-refractivity contribution in [3.8, 4) is 0 Å². The molecule has 2 heteroatoms. The number of rotatable bonds is 1. The van der Waals surface area contributed by atoms with E-state index < -0.39 is 12.2 Å². The predicted molar refractivity (Wildman–Crippen MR) is 69.5 cm³/mol. The van der Waals surface area contributed by atoms with Crippen LogP contribution in [0.15, 0.2) is 0 Å². The van der Waals surface area contributed by atoms with Gasteiger partial charge in [0.25, 0.3) is 0 Å². The fraction of sp³-hybridized carbons (Fsp3) is 1.00. The second kappa shape index (κ2) is 4.89. The van der Waals surface area contributed by atoms with Gasteiger partial charge in [-0.1, -0.05) is 34.1 Å². The molecule has 2 aliphatic carbocycles. The fourth-order valence-electron chi connectivity index (χ4n) is 4.45. The zero-order valence-corrected chi connectivity index (χ0v) is 11.6. The first-order chi connectivity index (χ1) is 7.93. The van der Waals surface area contributed by atoms with Crippen molar-refractivity contribution in [1.29, 1.82) is 0 Å². The van der Waals surface area contributed by atoms with Crippen molar-refractivity contribution in [3.05, 3.63) is 0 Å². The predicted octanol–water partition coefficient (Wildman–Crippen LogP) is 2.68. The molecule has 2 saturated carbocycles. The number of aliphatic hydroxyl groups excluding tert-OH is 2. The van der Waals surface area contributed by atoms with Crippen LogP contribution in [-0.2, 0) is 0 Å². The highest BCUT2D eigenvalue weighted by Crippen LogP contribution is 2.50. The molecule has 0 heterocycles. The van der Waals surface area contributed by atoms with Crippen LogP contribution in [0, 0.1) is 35.5 Å². The molecule has 2 aliphatic rings. The van der Waals surface area contributed by atoms with Gasteiger partial charge in [-0.05, 0) is 48.3 Å². The quantitative estimate of drug-likeness (QED) is 0.740. The molecule has 0 bridgehead atoms. The molecule has 0 saturated heterocycles. The van der Waals surface area contributed by atoms with Gasteiger partial charge < -0.3 is 10.2 Å². The van der Waals surface area contributed by atoms with Gasteiger partial charge in [0.1, 0.15) is 0 Å². The highest BCUT2D eigenvalue weighted by atomic mass is 16.3. The lowest BCUT2D eigenvalue weighted by atomic mass is 9.56. The van der Waals surface area contributed by atoms with Crippen LogP contribution in [0.1, 0.15) is 47.0 Å². The summed E-state index contributed by atoms with van der Waals surface area (Å²) in [5.41, 5.74) is 0. The summed E-state index contributed by atoms with van der Waals surface area (Å²) < 4.78 is 0. The van der Waals surface area contributed by atoms with Gasteiger partial charge in [0.2, 0.25) is 0 Å². The summed E-state index contributed by atoms with van der Waals surface area (Å²) in [6.45, 7) is 8.94. The third-order valence-electron chi connectivity index (χ3n) is 5.48. The lowest BCUT2D eigenvalue weighted by molar-refractivity contribution is -0.138. The van der Waals surface area contributed by atoms with Gasteiger partial charge in [-0.2, -0.15) is 0 Å². The molecule has 17 heavy (non-hydrogen) atoms. The zero-order valence-electron chi connectivity index (χ0n) is 11.6. The van der Waals surface area contributed by atoms with Crippen molar-refractivity contribution in [3.63, 3.8) is 0 Å². The van der Waals surface area contributed by atoms with Crippen molar-refractivity contribution in [2.45, 2.75) is 59.2 Å². The normalized spacial score (nSPS) is 51.4. The van der Waals surface area contributed by atoms with E-state index in [0.717, 1.165) is 12.3 Å². The molecule has 2 fully saturated rings. The first kappa shape index (κ1) is 13.4. The van der Waals surface area contributed by atoms with E-state index in [2.05, 4.69) is 27.7 Å². The molecular formula is C15H28O2. The van der Waals surface area contributed by atoms with Crippen molar-refractivity contribution in [1.82, 2.24) is 0 Å². The first-order valence-corrected chi connectivity index (χ1v) is 7.29. The Bertz CT molecular complexity index is 264. The van der Waals surface area contributed by atoms with E-state index in [9.17, 15) is 10.2 Å².